The van der Waals surface area contributed by atoms with Crippen LogP contribution >= 0.6 is 11.3 Å². The average Bonchev–Trinajstić information content (AvgIpc) is 3.08. The Labute approximate surface area is 156 Å². The Bertz CT molecular complexity index is 1120. The SMILES string of the molecule is COC(=C(C#N)C#N)c1ccc2sc(-c3ccccc3C(F)(F)F)nc2c1. The van der Waals surface area contributed by atoms with Crippen LogP contribution < -0.4 is 0 Å². The van der Waals surface area contributed by atoms with Crippen LogP contribution in [0.2, 0.25) is 0 Å². The highest BCUT2D eigenvalue weighted by Crippen LogP contribution is 2.40. The monoisotopic (exact) mass is 385 g/mol. The van der Waals surface area contributed by atoms with Crippen molar-refractivity contribution < 1.29 is 17.9 Å². The van der Waals surface area contributed by atoms with E-state index in [4.69, 9.17) is 15.3 Å². The number of allylic oxidation sites excluding steroid dienone is 1. The molecule has 0 saturated heterocycles. The number of hydrogen-bond donors (Lipinski definition) is 0. The van der Waals surface area contributed by atoms with Crippen molar-refractivity contribution >= 4 is 27.3 Å². The number of fused-ring (bicyclic) bond motifs is 1. The van der Waals surface area contributed by atoms with Crippen LogP contribution in [0.25, 0.3) is 26.5 Å². The largest absolute Gasteiger partial charge is 0.494 e. The maximum absolute atomic E-state index is 13.3. The van der Waals surface area contributed by atoms with Gasteiger partial charge in [0.1, 0.15) is 17.1 Å². The lowest BCUT2D eigenvalue weighted by Gasteiger charge is -2.10. The number of ether oxygens (including phenoxy) is 1. The highest BCUT2D eigenvalue weighted by Gasteiger charge is 2.34. The van der Waals surface area contributed by atoms with Gasteiger partial charge in [0.05, 0.1) is 22.9 Å². The molecule has 0 aliphatic rings. The summed E-state index contributed by atoms with van der Waals surface area (Å²) in [5, 5.41) is 18.3. The maximum atomic E-state index is 13.3. The first kappa shape index (κ1) is 18.4. The van der Waals surface area contributed by atoms with Crippen LogP contribution in [-0.2, 0) is 10.9 Å². The van der Waals surface area contributed by atoms with Gasteiger partial charge in [-0.05, 0) is 24.3 Å². The molecule has 0 spiro atoms. The quantitative estimate of drug-likeness (QED) is 0.448. The van der Waals surface area contributed by atoms with Crippen molar-refractivity contribution in [3.8, 4) is 22.7 Å². The number of methoxy groups -OCH3 is 1. The van der Waals surface area contributed by atoms with E-state index in [1.165, 1.54) is 25.3 Å². The van der Waals surface area contributed by atoms with Gasteiger partial charge in [-0.1, -0.05) is 18.2 Å². The van der Waals surface area contributed by atoms with Crippen molar-refractivity contribution in [2.45, 2.75) is 6.18 Å². The lowest BCUT2D eigenvalue weighted by molar-refractivity contribution is -0.137. The fraction of sp³-hybridized carbons (Fsp3) is 0.105. The van der Waals surface area contributed by atoms with Gasteiger partial charge in [0.15, 0.2) is 11.3 Å². The predicted octanol–water partition coefficient (Wildman–Crippen LogP) is 5.39. The zero-order valence-electron chi connectivity index (χ0n) is 13.8. The molecule has 134 valence electrons. The third-order valence-corrected chi connectivity index (χ3v) is 4.84. The first-order chi connectivity index (χ1) is 12.9. The number of rotatable bonds is 3. The van der Waals surface area contributed by atoms with E-state index < -0.39 is 11.7 Å². The smallest absolute Gasteiger partial charge is 0.417 e. The molecule has 1 aromatic heterocycles. The molecule has 0 aliphatic carbocycles. The average molecular weight is 385 g/mol. The lowest BCUT2D eigenvalue weighted by atomic mass is 10.1. The first-order valence-corrected chi connectivity index (χ1v) is 8.36. The van der Waals surface area contributed by atoms with E-state index in [0.717, 1.165) is 17.4 Å². The van der Waals surface area contributed by atoms with Gasteiger partial charge in [-0.2, -0.15) is 23.7 Å². The number of thiazole rings is 1. The summed E-state index contributed by atoms with van der Waals surface area (Å²) in [6.07, 6.45) is -4.49. The summed E-state index contributed by atoms with van der Waals surface area (Å²) < 4.78 is 45.6. The molecule has 0 aliphatic heterocycles. The van der Waals surface area contributed by atoms with Crippen LogP contribution in [0.15, 0.2) is 48.0 Å². The minimum atomic E-state index is -4.49. The van der Waals surface area contributed by atoms with E-state index in [2.05, 4.69) is 4.98 Å². The number of aromatic nitrogens is 1. The molecule has 0 fully saturated rings. The molecule has 0 atom stereocenters. The van der Waals surface area contributed by atoms with E-state index in [-0.39, 0.29) is 21.9 Å². The number of nitriles is 2. The molecule has 0 N–H and O–H groups in total. The highest BCUT2D eigenvalue weighted by molar-refractivity contribution is 7.21. The summed E-state index contributed by atoms with van der Waals surface area (Å²) in [6, 6.07) is 13.7. The number of benzene rings is 2. The summed E-state index contributed by atoms with van der Waals surface area (Å²) in [6.45, 7) is 0. The minimum Gasteiger partial charge on any atom is -0.494 e. The van der Waals surface area contributed by atoms with E-state index >= 15 is 0 Å². The number of halogens is 3. The molecule has 0 amide bonds. The summed E-state index contributed by atoms with van der Waals surface area (Å²) in [5.74, 6) is 0.0899. The zero-order chi connectivity index (χ0) is 19.6. The fourth-order valence-corrected chi connectivity index (χ4v) is 3.58. The highest BCUT2D eigenvalue weighted by atomic mass is 32.1. The first-order valence-electron chi connectivity index (χ1n) is 7.55. The van der Waals surface area contributed by atoms with Crippen LogP contribution in [-0.4, -0.2) is 12.1 Å². The Balaban J connectivity index is 2.16. The van der Waals surface area contributed by atoms with Gasteiger partial charge < -0.3 is 4.74 Å². The third-order valence-electron chi connectivity index (χ3n) is 3.77. The van der Waals surface area contributed by atoms with Gasteiger partial charge in [0.2, 0.25) is 0 Å². The Morgan fingerprint density at radius 3 is 2.44 bits per heavy atom. The van der Waals surface area contributed by atoms with Gasteiger partial charge in [0, 0.05) is 11.1 Å². The molecule has 0 bridgehead atoms. The van der Waals surface area contributed by atoms with Crippen molar-refractivity contribution in [1.29, 1.82) is 10.5 Å². The van der Waals surface area contributed by atoms with E-state index in [0.29, 0.717) is 15.8 Å². The zero-order valence-corrected chi connectivity index (χ0v) is 14.6. The third kappa shape index (κ3) is 3.48. The summed E-state index contributed by atoms with van der Waals surface area (Å²) in [5.41, 5.74) is -0.0453. The van der Waals surface area contributed by atoms with Gasteiger partial charge in [-0.25, -0.2) is 4.98 Å². The molecule has 4 nitrogen and oxygen atoms in total. The van der Waals surface area contributed by atoms with Crippen LogP contribution in [0.5, 0.6) is 0 Å². The van der Waals surface area contributed by atoms with Crippen LogP contribution in [0.4, 0.5) is 13.2 Å². The fourth-order valence-electron chi connectivity index (χ4n) is 2.59. The molecular weight excluding hydrogens is 375 g/mol. The standard InChI is InChI=1S/C19H10F3N3OS/c1-26-17(12(9-23)10-24)11-6-7-16-15(8-11)25-18(27-16)13-4-2-3-5-14(13)19(20,21)22/h2-8H,1H3. The van der Waals surface area contributed by atoms with Crippen molar-refractivity contribution in [2.75, 3.05) is 7.11 Å². The van der Waals surface area contributed by atoms with Gasteiger partial charge in [0.25, 0.3) is 0 Å². The molecule has 0 radical (unpaired) electrons. The Hall–Kier alpha value is -3.36. The number of alkyl halides is 3. The molecule has 2 aromatic carbocycles. The van der Waals surface area contributed by atoms with Gasteiger partial charge >= 0.3 is 6.18 Å². The van der Waals surface area contributed by atoms with Gasteiger partial charge in [-0.3, -0.25) is 0 Å². The minimum absolute atomic E-state index is 0.00463. The van der Waals surface area contributed by atoms with Gasteiger partial charge in [-0.15, -0.1) is 11.3 Å². The number of hydrogen-bond acceptors (Lipinski definition) is 5. The summed E-state index contributed by atoms with van der Waals surface area (Å²) >= 11 is 1.13. The molecule has 27 heavy (non-hydrogen) atoms. The van der Waals surface area contributed by atoms with Crippen molar-refractivity contribution in [2.24, 2.45) is 0 Å². The van der Waals surface area contributed by atoms with Crippen LogP contribution in [0.3, 0.4) is 0 Å². The molecule has 8 heteroatoms. The molecule has 0 unspecified atom stereocenters. The molecule has 3 rings (SSSR count). The second-order valence-corrected chi connectivity index (χ2v) is 6.41. The summed E-state index contributed by atoms with van der Waals surface area (Å²) in [4.78, 5) is 4.32. The Morgan fingerprint density at radius 2 is 1.81 bits per heavy atom. The number of nitrogens with zero attached hydrogens (tertiary/aromatic N) is 3. The van der Waals surface area contributed by atoms with Crippen molar-refractivity contribution in [3.63, 3.8) is 0 Å². The Kier molecular flexibility index (Phi) is 4.85. The molecule has 1 heterocycles. The van der Waals surface area contributed by atoms with Crippen LogP contribution in [0, 0.1) is 22.7 Å². The second-order valence-electron chi connectivity index (χ2n) is 5.38. The van der Waals surface area contributed by atoms with Crippen molar-refractivity contribution in [1.82, 2.24) is 4.98 Å². The van der Waals surface area contributed by atoms with Crippen molar-refractivity contribution in [3.05, 3.63) is 59.2 Å². The molecule has 0 saturated carbocycles. The topological polar surface area (TPSA) is 69.7 Å². The van der Waals surface area contributed by atoms with Crippen LogP contribution in [0.1, 0.15) is 11.1 Å². The second kappa shape index (κ2) is 7.10. The molecule has 3 aromatic rings. The summed E-state index contributed by atoms with van der Waals surface area (Å²) in [7, 11) is 1.33. The Morgan fingerprint density at radius 1 is 1.11 bits per heavy atom. The molecular formula is C19H10F3N3OS. The normalized spacial score (nSPS) is 10.9. The lowest BCUT2D eigenvalue weighted by Crippen LogP contribution is -2.06. The predicted molar refractivity (Wildman–Crippen MR) is 95.2 cm³/mol. The maximum Gasteiger partial charge on any atom is 0.417 e. The van der Waals surface area contributed by atoms with E-state index in [1.54, 1.807) is 30.3 Å². The van der Waals surface area contributed by atoms with E-state index in [1.807, 2.05) is 0 Å². The van der Waals surface area contributed by atoms with E-state index in [9.17, 15) is 13.2 Å².